The second kappa shape index (κ2) is 8.61. The van der Waals surface area contributed by atoms with Crippen molar-refractivity contribution in [2.75, 3.05) is 20.1 Å². The third-order valence-corrected chi connectivity index (χ3v) is 5.45. The monoisotopic (exact) mass is 455 g/mol. The molecule has 4 nitrogen and oxygen atoms in total. The molecule has 0 aliphatic carbocycles. The van der Waals surface area contributed by atoms with Crippen molar-refractivity contribution in [1.82, 2.24) is 14.8 Å². The molecular weight excluding hydrogens is 435 g/mol. The van der Waals surface area contributed by atoms with Crippen LogP contribution in [0.25, 0.3) is 0 Å². The Morgan fingerprint density at radius 1 is 1.25 bits per heavy atom. The molecule has 1 fully saturated rings. The number of hydrogen-bond donors (Lipinski definition) is 0. The van der Waals surface area contributed by atoms with Crippen LogP contribution in [0.3, 0.4) is 0 Å². The van der Waals surface area contributed by atoms with Crippen molar-refractivity contribution in [3.8, 4) is 0 Å². The van der Waals surface area contributed by atoms with Crippen LogP contribution < -0.4 is 0 Å². The summed E-state index contributed by atoms with van der Waals surface area (Å²) in [6, 6.07) is 7.42. The Labute approximate surface area is 170 Å². The summed E-state index contributed by atoms with van der Waals surface area (Å²) in [5.74, 6) is -0.0484. The highest BCUT2D eigenvalue weighted by Crippen LogP contribution is 2.30. The molecule has 2 heterocycles. The van der Waals surface area contributed by atoms with Crippen LogP contribution in [0.15, 0.2) is 47.2 Å². The van der Waals surface area contributed by atoms with Gasteiger partial charge in [0.05, 0.1) is 11.1 Å². The summed E-state index contributed by atoms with van der Waals surface area (Å²) >= 11 is 3.32. The van der Waals surface area contributed by atoms with E-state index in [1.54, 1.807) is 29.4 Å². The zero-order chi connectivity index (χ0) is 20.3. The largest absolute Gasteiger partial charge is 0.416 e. The number of benzene rings is 1. The predicted molar refractivity (Wildman–Crippen MR) is 104 cm³/mol. The number of halogens is 4. The Hall–Kier alpha value is -1.93. The molecule has 0 unspecified atom stereocenters. The highest BCUT2D eigenvalue weighted by Gasteiger charge is 2.31. The van der Waals surface area contributed by atoms with Crippen molar-refractivity contribution in [2.24, 2.45) is 0 Å². The molecule has 0 N–H and O–H groups in total. The minimum atomic E-state index is -4.33. The molecule has 1 aromatic carbocycles. The van der Waals surface area contributed by atoms with Gasteiger partial charge in [0.2, 0.25) is 0 Å². The normalized spacial score (nSPS) is 15.9. The number of amides is 1. The van der Waals surface area contributed by atoms with Crippen molar-refractivity contribution in [3.05, 3.63) is 63.9 Å². The van der Waals surface area contributed by atoms with Crippen LogP contribution in [-0.2, 0) is 12.7 Å². The number of pyridine rings is 1. The Morgan fingerprint density at radius 2 is 1.96 bits per heavy atom. The second-order valence-corrected chi connectivity index (χ2v) is 7.94. The molecule has 1 aliphatic heterocycles. The molecule has 1 aliphatic rings. The Kier molecular flexibility index (Phi) is 6.40. The fourth-order valence-corrected chi connectivity index (χ4v) is 3.85. The van der Waals surface area contributed by atoms with Crippen LogP contribution in [0.4, 0.5) is 13.2 Å². The molecule has 8 heteroatoms. The van der Waals surface area contributed by atoms with Crippen LogP contribution in [0.5, 0.6) is 0 Å². The maximum Gasteiger partial charge on any atom is 0.416 e. The molecule has 3 rings (SSSR count). The van der Waals surface area contributed by atoms with Gasteiger partial charge in [-0.3, -0.25) is 14.7 Å². The number of rotatable bonds is 4. The zero-order valence-corrected chi connectivity index (χ0v) is 17.0. The molecule has 1 saturated heterocycles. The summed E-state index contributed by atoms with van der Waals surface area (Å²) in [6.45, 7) is 1.67. The summed E-state index contributed by atoms with van der Waals surface area (Å²) in [5, 5.41) is 0. The summed E-state index contributed by atoms with van der Waals surface area (Å²) in [5.41, 5.74) is 0.558. The second-order valence-electron chi connectivity index (χ2n) is 7.03. The number of likely N-dealkylation sites (tertiary alicyclic amines) is 1. The molecule has 2 aromatic rings. The molecule has 1 amide bonds. The first-order chi connectivity index (χ1) is 13.2. The first-order valence-electron chi connectivity index (χ1n) is 9.00. The van der Waals surface area contributed by atoms with Crippen molar-refractivity contribution in [1.29, 1.82) is 0 Å². The highest BCUT2D eigenvalue weighted by atomic mass is 79.9. The maximum absolute atomic E-state index is 12.9. The quantitative estimate of drug-likeness (QED) is 0.675. The van der Waals surface area contributed by atoms with E-state index in [2.05, 4.69) is 25.8 Å². The number of piperidine rings is 1. The molecule has 0 atom stereocenters. The first-order valence-corrected chi connectivity index (χ1v) is 9.79. The van der Waals surface area contributed by atoms with Crippen molar-refractivity contribution in [2.45, 2.75) is 31.6 Å². The van der Waals surface area contributed by atoms with Crippen molar-refractivity contribution in [3.63, 3.8) is 0 Å². The molecule has 0 saturated carbocycles. The standard InChI is InChI=1S/C20H21BrF3N3O/c1-26(13-14-3-2-4-16(9-14)20(22,23)24)18-5-7-27(8-6-18)19(28)15-10-17(21)12-25-11-15/h2-4,9-12,18H,5-8,13H2,1H3. The van der Waals surface area contributed by atoms with Gasteiger partial charge in [-0.2, -0.15) is 13.2 Å². The minimum absolute atomic E-state index is 0.0484. The van der Waals surface area contributed by atoms with Gasteiger partial charge in [0, 0.05) is 42.5 Å². The summed E-state index contributed by atoms with van der Waals surface area (Å²) in [4.78, 5) is 20.5. The van der Waals surface area contributed by atoms with Crippen LogP contribution in [-0.4, -0.2) is 46.9 Å². The summed E-state index contributed by atoms with van der Waals surface area (Å²) in [6.07, 6.45) is 0.414. The number of carbonyl (C=O) groups excluding carboxylic acids is 1. The van der Waals surface area contributed by atoms with Gasteiger partial charge < -0.3 is 4.90 Å². The van der Waals surface area contributed by atoms with E-state index in [0.29, 0.717) is 30.8 Å². The Bertz CT molecular complexity index is 835. The molecule has 1 aromatic heterocycles. The van der Waals surface area contributed by atoms with Gasteiger partial charge >= 0.3 is 6.18 Å². The van der Waals surface area contributed by atoms with E-state index in [4.69, 9.17) is 0 Å². The van der Waals surface area contributed by atoms with E-state index in [1.807, 2.05) is 7.05 Å². The lowest BCUT2D eigenvalue weighted by atomic mass is 10.0. The van der Waals surface area contributed by atoms with Crippen LogP contribution in [0, 0.1) is 0 Å². The van der Waals surface area contributed by atoms with Gasteiger partial charge in [0.1, 0.15) is 0 Å². The highest BCUT2D eigenvalue weighted by molar-refractivity contribution is 9.10. The number of nitrogens with zero attached hydrogens (tertiary/aromatic N) is 3. The Balaban J connectivity index is 1.57. The number of alkyl halides is 3. The molecule has 0 bridgehead atoms. The molecule has 150 valence electrons. The smallest absolute Gasteiger partial charge is 0.338 e. The number of carbonyl (C=O) groups is 1. The van der Waals surface area contributed by atoms with Gasteiger partial charge in [0.15, 0.2) is 0 Å². The van der Waals surface area contributed by atoms with Gasteiger partial charge in [0.25, 0.3) is 5.91 Å². The van der Waals surface area contributed by atoms with E-state index >= 15 is 0 Å². The SMILES string of the molecule is CN(Cc1cccc(C(F)(F)F)c1)C1CCN(C(=O)c2cncc(Br)c2)CC1. The lowest BCUT2D eigenvalue weighted by Crippen LogP contribution is -2.45. The average Bonchev–Trinajstić information content (AvgIpc) is 2.67. The lowest BCUT2D eigenvalue weighted by Gasteiger charge is -2.37. The van der Waals surface area contributed by atoms with Gasteiger partial charge in [-0.05, 0) is 53.5 Å². The van der Waals surface area contributed by atoms with Crippen molar-refractivity contribution >= 4 is 21.8 Å². The zero-order valence-electron chi connectivity index (χ0n) is 15.4. The lowest BCUT2D eigenvalue weighted by molar-refractivity contribution is -0.137. The molecule has 0 radical (unpaired) electrons. The van der Waals surface area contributed by atoms with E-state index in [-0.39, 0.29) is 11.9 Å². The first kappa shape index (κ1) is 20.8. The summed E-state index contributed by atoms with van der Waals surface area (Å²) < 4.78 is 39.4. The fourth-order valence-electron chi connectivity index (χ4n) is 3.48. The van der Waals surface area contributed by atoms with Gasteiger partial charge in [-0.15, -0.1) is 0 Å². The third kappa shape index (κ3) is 5.11. The van der Waals surface area contributed by atoms with E-state index in [1.165, 1.54) is 12.1 Å². The molecule has 0 spiro atoms. The minimum Gasteiger partial charge on any atom is -0.338 e. The van der Waals surface area contributed by atoms with E-state index < -0.39 is 11.7 Å². The van der Waals surface area contributed by atoms with E-state index in [0.717, 1.165) is 23.4 Å². The molecule has 28 heavy (non-hydrogen) atoms. The van der Waals surface area contributed by atoms with Crippen LogP contribution in [0.1, 0.15) is 34.3 Å². The van der Waals surface area contributed by atoms with Crippen LogP contribution in [0.2, 0.25) is 0 Å². The molecular formula is C20H21BrF3N3O. The number of hydrogen-bond acceptors (Lipinski definition) is 3. The third-order valence-electron chi connectivity index (χ3n) is 5.01. The average molecular weight is 456 g/mol. The fraction of sp³-hybridized carbons (Fsp3) is 0.400. The van der Waals surface area contributed by atoms with Gasteiger partial charge in [-0.25, -0.2) is 0 Å². The number of aromatic nitrogens is 1. The topological polar surface area (TPSA) is 36.4 Å². The van der Waals surface area contributed by atoms with Crippen LogP contribution >= 0.6 is 15.9 Å². The van der Waals surface area contributed by atoms with Gasteiger partial charge in [-0.1, -0.05) is 18.2 Å². The van der Waals surface area contributed by atoms with Crippen molar-refractivity contribution < 1.29 is 18.0 Å². The maximum atomic E-state index is 12.9. The summed E-state index contributed by atoms with van der Waals surface area (Å²) in [7, 11) is 1.92. The van der Waals surface area contributed by atoms with E-state index in [9.17, 15) is 18.0 Å². The Morgan fingerprint density at radius 3 is 2.61 bits per heavy atom. The predicted octanol–water partition coefficient (Wildman–Crippen LogP) is 4.60.